The number of carbonyl (C=O) groups is 3. The van der Waals surface area contributed by atoms with Gasteiger partial charge in [-0.3, -0.25) is 14.4 Å². The summed E-state index contributed by atoms with van der Waals surface area (Å²) in [4.78, 5) is 37.9. The molecule has 0 radical (unpaired) electrons. The Morgan fingerprint density at radius 2 is 0.656 bits per heavy atom. The van der Waals surface area contributed by atoms with E-state index in [1.165, 1.54) is 116 Å². The molecular formula is C55H94O6. The smallest absolute Gasteiger partial charge is 0.306 e. The molecule has 0 aromatic heterocycles. The van der Waals surface area contributed by atoms with Gasteiger partial charge in [0.2, 0.25) is 0 Å². The first-order chi connectivity index (χ1) is 30.0. The van der Waals surface area contributed by atoms with Crippen LogP contribution >= 0.6 is 0 Å². The number of allylic oxidation sites excluding steroid dienone is 12. The van der Waals surface area contributed by atoms with E-state index < -0.39 is 6.10 Å². The molecule has 0 saturated heterocycles. The number of rotatable bonds is 45. The van der Waals surface area contributed by atoms with Crippen LogP contribution in [0.1, 0.15) is 239 Å². The molecule has 61 heavy (non-hydrogen) atoms. The van der Waals surface area contributed by atoms with Gasteiger partial charge in [0, 0.05) is 19.3 Å². The Hall–Kier alpha value is -3.15. The zero-order valence-electron chi connectivity index (χ0n) is 39.9. The van der Waals surface area contributed by atoms with E-state index in [-0.39, 0.29) is 31.1 Å². The molecule has 0 fully saturated rings. The van der Waals surface area contributed by atoms with Crippen LogP contribution in [0, 0.1) is 0 Å². The monoisotopic (exact) mass is 851 g/mol. The third-order valence-corrected chi connectivity index (χ3v) is 10.8. The van der Waals surface area contributed by atoms with Crippen LogP contribution in [0.25, 0.3) is 0 Å². The van der Waals surface area contributed by atoms with Crippen molar-refractivity contribution >= 4 is 17.9 Å². The molecule has 0 N–H and O–H groups in total. The zero-order chi connectivity index (χ0) is 44.4. The van der Waals surface area contributed by atoms with E-state index in [2.05, 4.69) is 45.1 Å². The van der Waals surface area contributed by atoms with Crippen molar-refractivity contribution in [2.75, 3.05) is 13.2 Å². The summed E-state index contributed by atoms with van der Waals surface area (Å²) in [6.07, 6.45) is 61.7. The van der Waals surface area contributed by atoms with Gasteiger partial charge in [0.15, 0.2) is 6.10 Å². The lowest BCUT2D eigenvalue weighted by Gasteiger charge is -2.18. The molecule has 6 heteroatoms. The highest BCUT2D eigenvalue weighted by Gasteiger charge is 2.19. The van der Waals surface area contributed by atoms with Gasteiger partial charge in [0.05, 0.1) is 0 Å². The van der Waals surface area contributed by atoms with Gasteiger partial charge in [-0.15, -0.1) is 0 Å². The van der Waals surface area contributed by atoms with E-state index in [1.807, 2.05) is 48.6 Å². The van der Waals surface area contributed by atoms with Crippen molar-refractivity contribution in [3.8, 4) is 0 Å². The molecule has 6 nitrogen and oxygen atoms in total. The van der Waals surface area contributed by atoms with Crippen LogP contribution in [0.3, 0.4) is 0 Å². The van der Waals surface area contributed by atoms with E-state index in [0.717, 1.165) is 83.5 Å². The number of carbonyl (C=O) groups excluding carboxylic acids is 3. The third-order valence-electron chi connectivity index (χ3n) is 10.8. The largest absolute Gasteiger partial charge is 0.462 e. The van der Waals surface area contributed by atoms with Crippen molar-refractivity contribution in [2.45, 2.75) is 245 Å². The van der Waals surface area contributed by atoms with Crippen molar-refractivity contribution in [1.82, 2.24) is 0 Å². The molecule has 0 aromatic carbocycles. The Morgan fingerprint density at radius 3 is 1.07 bits per heavy atom. The molecule has 0 amide bonds. The number of esters is 3. The van der Waals surface area contributed by atoms with E-state index in [0.29, 0.717) is 19.3 Å². The quantitative estimate of drug-likeness (QED) is 0.0200. The molecule has 0 aromatic rings. The molecule has 0 aliphatic rings. The van der Waals surface area contributed by atoms with Gasteiger partial charge in [0.25, 0.3) is 0 Å². The Bertz CT molecular complexity index is 1160. The van der Waals surface area contributed by atoms with Gasteiger partial charge in [-0.1, -0.05) is 229 Å². The second-order valence-electron chi connectivity index (χ2n) is 16.8. The number of unbranched alkanes of at least 4 members (excludes halogenated alkanes) is 26. The van der Waals surface area contributed by atoms with Crippen molar-refractivity contribution in [1.29, 1.82) is 0 Å². The first-order valence-corrected chi connectivity index (χ1v) is 25.5. The van der Waals surface area contributed by atoms with Crippen molar-refractivity contribution in [3.05, 3.63) is 72.9 Å². The summed E-state index contributed by atoms with van der Waals surface area (Å²) >= 11 is 0. The molecule has 350 valence electrons. The van der Waals surface area contributed by atoms with Crippen molar-refractivity contribution in [2.24, 2.45) is 0 Å². The highest BCUT2D eigenvalue weighted by Crippen LogP contribution is 2.15. The highest BCUT2D eigenvalue weighted by molar-refractivity contribution is 5.71. The first-order valence-electron chi connectivity index (χ1n) is 25.5. The summed E-state index contributed by atoms with van der Waals surface area (Å²) in [5.41, 5.74) is 0. The van der Waals surface area contributed by atoms with Crippen molar-refractivity contribution < 1.29 is 28.6 Å². The van der Waals surface area contributed by atoms with Crippen LogP contribution in [-0.2, 0) is 28.6 Å². The van der Waals surface area contributed by atoms with Crippen LogP contribution in [0.2, 0.25) is 0 Å². The Balaban J connectivity index is 4.47. The molecular weight excluding hydrogens is 757 g/mol. The molecule has 1 atom stereocenters. The van der Waals surface area contributed by atoms with Gasteiger partial charge < -0.3 is 14.2 Å². The summed E-state index contributed by atoms with van der Waals surface area (Å²) in [6, 6.07) is 0. The zero-order valence-corrected chi connectivity index (χ0v) is 39.9. The predicted octanol–water partition coefficient (Wildman–Crippen LogP) is 16.6. The molecule has 0 heterocycles. The lowest BCUT2D eigenvalue weighted by molar-refractivity contribution is -0.167. The number of ether oxygens (including phenoxy) is 3. The minimum absolute atomic E-state index is 0.0958. The van der Waals surface area contributed by atoms with Crippen LogP contribution in [0.15, 0.2) is 72.9 Å². The molecule has 1 unspecified atom stereocenters. The SMILES string of the molecule is CC\C=C/C=C\C=C/C=C\C=C/CCCCCC(=O)OCC(COC(=O)CCCCC/C=C\CCCCCCCC)OC(=O)CCCCCCCCCCCCCCCCC. The van der Waals surface area contributed by atoms with Gasteiger partial charge in [-0.05, 0) is 64.2 Å². The van der Waals surface area contributed by atoms with Crippen LogP contribution in [-0.4, -0.2) is 37.2 Å². The van der Waals surface area contributed by atoms with Gasteiger partial charge >= 0.3 is 17.9 Å². The minimum Gasteiger partial charge on any atom is -0.462 e. The van der Waals surface area contributed by atoms with Crippen LogP contribution in [0.5, 0.6) is 0 Å². The Kier molecular flexibility index (Phi) is 46.9. The second-order valence-corrected chi connectivity index (χ2v) is 16.8. The molecule has 0 aliphatic heterocycles. The Labute approximate surface area is 376 Å². The fourth-order valence-corrected chi connectivity index (χ4v) is 6.99. The molecule has 0 aliphatic carbocycles. The maximum atomic E-state index is 12.8. The molecule has 0 saturated carbocycles. The summed E-state index contributed by atoms with van der Waals surface area (Å²) in [5, 5.41) is 0. The maximum Gasteiger partial charge on any atom is 0.306 e. The summed E-state index contributed by atoms with van der Waals surface area (Å²) in [5.74, 6) is -0.950. The average molecular weight is 851 g/mol. The normalized spacial score (nSPS) is 12.6. The molecule has 0 spiro atoms. The fourth-order valence-electron chi connectivity index (χ4n) is 6.99. The average Bonchev–Trinajstić information content (AvgIpc) is 3.26. The third kappa shape index (κ3) is 47.7. The summed E-state index contributed by atoms with van der Waals surface area (Å²) in [7, 11) is 0. The van der Waals surface area contributed by atoms with E-state index in [4.69, 9.17) is 14.2 Å². The maximum absolute atomic E-state index is 12.8. The van der Waals surface area contributed by atoms with Crippen molar-refractivity contribution in [3.63, 3.8) is 0 Å². The summed E-state index contributed by atoms with van der Waals surface area (Å²) < 4.78 is 16.7. The van der Waals surface area contributed by atoms with E-state index in [1.54, 1.807) is 0 Å². The minimum atomic E-state index is -0.796. The number of hydrogen-bond donors (Lipinski definition) is 0. The Morgan fingerprint density at radius 1 is 0.344 bits per heavy atom. The van der Waals surface area contributed by atoms with E-state index >= 15 is 0 Å². The fraction of sp³-hybridized carbons (Fsp3) is 0.727. The van der Waals surface area contributed by atoms with Gasteiger partial charge in [-0.2, -0.15) is 0 Å². The highest BCUT2D eigenvalue weighted by atomic mass is 16.6. The van der Waals surface area contributed by atoms with Gasteiger partial charge in [-0.25, -0.2) is 0 Å². The van der Waals surface area contributed by atoms with Crippen LogP contribution < -0.4 is 0 Å². The van der Waals surface area contributed by atoms with E-state index in [9.17, 15) is 14.4 Å². The standard InChI is InChI=1S/C55H94O6/c1-4-7-10-13-16-19-22-25-27-30-33-36-39-42-45-48-54(57)60-51-52(50-59-53(56)47-44-41-38-35-32-29-24-21-18-15-12-9-6-3)61-55(58)49-46-43-40-37-34-31-28-26-23-20-17-14-11-8-5-2/h7,10,13,16,19,22,25,27,29-30,32-33,52H,4-6,8-9,11-12,14-15,17-18,20-21,23-24,26,28,31,34-51H2,1-3H3/b10-7-,16-13-,22-19-,27-25-,32-29-,33-30-. The second kappa shape index (κ2) is 49.5. The van der Waals surface area contributed by atoms with Crippen LogP contribution in [0.4, 0.5) is 0 Å². The van der Waals surface area contributed by atoms with Gasteiger partial charge in [0.1, 0.15) is 13.2 Å². The summed E-state index contributed by atoms with van der Waals surface area (Å²) in [6.45, 7) is 6.44. The topological polar surface area (TPSA) is 78.9 Å². The lowest BCUT2D eigenvalue weighted by atomic mass is 10.0. The molecule has 0 bridgehead atoms. The molecule has 0 rings (SSSR count). The first kappa shape index (κ1) is 57.9. The number of hydrogen-bond acceptors (Lipinski definition) is 6. The predicted molar refractivity (Wildman–Crippen MR) is 261 cm³/mol. The lowest BCUT2D eigenvalue weighted by Crippen LogP contribution is -2.30.